The molecule has 0 aliphatic heterocycles. The predicted octanol–water partition coefficient (Wildman–Crippen LogP) is 6.71. The second-order valence-electron chi connectivity index (χ2n) is 11.1. The van der Waals surface area contributed by atoms with Gasteiger partial charge in [0.15, 0.2) is 0 Å². The number of unbranched alkanes of at least 4 members (excludes halogenated alkanes) is 1. The zero-order valence-corrected chi connectivity index (χ0v) is 27.5. The van der Waals surface area contributed by atoms with Crippen LogP contribution < -0.4 is 9.62 Å². The quantitative estimate of drug-likeness (QED) is 0.155. The molecule has 0 spiro atoms. The molecule has 0 saturated heterocycles. The summed E-state index contributed by atoms with van der Waals surface area (Å²) in [5.74, 6) is -0.819. The number of aryl methyl sites for hydroxylation is 2. The molecule has 0 radical (unpaired) electrons. The van der Waals surface area contributed by atoms with Crippen molar-refractivity contribution in [2.75, 3.05) is 17.4 Å². The molecule has 9 heteroatoms. The van der Waals surface area contributed by atoms with Gasteiger partial charge in [0.05, 0.1) is 15.6 Å². The molecule has 236 valence electrons. The highest BCUT2D eigenvalue weighted by atomic mass is 35.5. The molecule has 4 rings (SSSR count). The van der Waals surface area contributed by atoms with E-state index in [-0.39, 0.29) is 34.5 Å². The fourth-order valence-electron chi connectivity index (χ4n) is 5.04. The number of amides is 2. The van der Waals surface area contributed by atoms with Gasteiger partial charge in [0.2, 0.25) is 11.8 Å². The Morgan fingerprint density at radius 1 is 0.844 bits per heavy atom. The van der Waals surface area contributed by atoms with E-state index in [1.165, 1.54) is 17.0 Å². The highest BCUT2D eigenvalue weighted by molar-refractivity contribution is 7.92. The molecule has 4 aromatic carbocycles. The van der Waals surface area contributed by atoms with Crippen molar-refractivity contribution in [3.8, 4) is 0 Å². The van der Waals surface area contributed by atoms with E-state index in [0.29, 0.717) is 6.54 Å². The molecule has 0 saturated carbocycles. The second kappa shape index (κ2) is 15.7. The third-order valence-electron chi connectivity index (χ3n) is 7.71. The molecular weight excluding hydrogens is 606 g/mol. The Kier molecular flexibility index (Phi) is 11.8. The summed E-state index contributed by atoms with van der Waals surface area (Å²) in [7, 11) is -4.22. The van der Waals surface area contributed by atoms with Crippen LogP contribution in [0.1, 0.15) is 42.0 Å². The van der Waals surface area contributed by atoms with Gasteiger partial charge >= 0.3 is 0 Å². The standard InChI is InChI=1S/C36H40ClN3O4S/c1-4-5-23-38-36(42)34(24-29-14-7-6-8-15-29)39(25-30-16-10-9-13-28(30)3)35(41)26-40(33-18-12-11-17-32(33)37)45(43,44)31-21-19-27(2)20-22-31/h6-22,34H,4-5,23-26H2,1-3H3,(H,38,42)/t34-/m0/s1. The first kappa shape index (κ1) is 33.7. The smallest absolute Gasteiger partial charge is 0.264 e. The lowest BCUT2D eigenvalue weighted by molar-refractivity contribution is -0.140. The number of sulfonamides is 1. The third kappa shape index (κ3) is 8.74. The van der Waals surface area contributed by atoms with Gasteiger partial charge in [0.25, 0.3) is 10.0 Å². The first-order valence-electron chi connectivity index (χ1n) is 15.1. The summed E-state index contributed by atoms with van der Waals surface area (Å²) in [6.45, 7) is 5.89. The molecular formula is C36H40ClN3O4S. The Balaban J connectivity index is 1.80. The van der Waals surface area contributed by atoms with Crippen molar-refractivity contribution < 1.29 is 18.0 Å². The van der Waals surface area contributed by atoms with E-state index >= 15 is 0 Å². The largest absolute Gasteiger partial charge is 0.354 e. The van der Waals surface area contributed by atoms with Crippen LogP contribution in [0.3, 0.4) is 0 Å². The van der Waals surface area contributed by atoms with Crippen molar-refractivity contribution in [2.45, 2.75) is 57.5 Å². The second-order valence-corrected chi connectivity index (χ2v) is 13.3. The highest BCUT2D eigenvalue weighted by Crippen LogP contribution is 2.31. The van der Waals surface area contributed by atoms with Crippen LogP contribution in [0.2, 0.25) is 5.02 Å². The topological polar surface area (TPSA) is 86.8 Å². The van der Waals surface area contributed by atoms with Crippen molar-refractivity contribution in [1.29, 1.82) is 0 Å². The SMILES string of the molecule is CCCCNC(=O)[C@H](Cc1ccccc1)N(Cc1ccccc1C)C(=O)CN(c1ccccc1Cl)S(=O)(=O)c1ccc(C)cc1. The van der Waals surface area contributed by atoms with E-state index in [4.69, 9.17) is 11.6 Å². The van der Waals surface area contributed by atoms with Crippen LogP contribution in [0.25, 0.3) is 0 Å². The number of hydrogen-bond donors (Lipinski definition) is 1. The van der Waals surface area contributed by atoms with Gasteiger partial charge in [0.1, 0.15) is 12.6 Å². The van der Waals surface area contributed by atoms with Gasteiger partial charge < -0.3 is 10.2 Å². The highest BCUT2D eigenvalue weighted by Gasteiger charge is 2.35. The van der Waals surface area contributed by atoms with Crippen LogP contribution in [0.15, 0.2) is 108 Å². The zero-order chi connectivity index (χ0) is 32.4. The van der Waals surface area contributed by atoms with Crippen LogP contribution in [0.5, 0.6) is 0 Å². The van der Waals surface area contributed by atoms with Crippen molar-refractivity contribution in [3.63, 3.8) is 0 Å². The average molecular weight is 646 g/mol. The molecule has 4 aromatic rings. The molecule has 0 heterocycles. The van der Waals surface area contributed by atoms with E-state index in [2.05, 4.69) is 5.32 Å². The molecule has 7 nitrogen and oxygen atoms in total. The van der Waals surface area contributed by atoms with E-state index in [9.17, 15) is 18.0 Å². The maximum absolute atomic E-state index is 14.5. The summed E-state index contributed by atoms with van der Waals surface area (Å²) in [4.78, 5) is 29.9. The predicted molar refractivity (Wildman–Crippen MR) is 181 cm³/mol. The molecule has 0 unspecified atom stereocenters. The normalized spacial score (nSPS) is 11.9. The van der Waals surface area contributed by atoms with E-state index in [1.54, 1.807) is 36.4 Å². The summed E-state index contributed by atoms with van der Waals surface area (Å²) < 4.78 is 29.3. The van der Waals surface area contributed by atoms with Crippen LogP contribution in [0, 0.1) is 13.8 Å². The molecule has 1 atom stereocenters. The lowest BCUT2D eigenvalue weighted by atomic mass is 10.0. The minimum absolute atomic E-state index is 0.0319. The first-order chi connectivity index (χ1) is 21.6. The Labute approximate surface area is 271 Å². The van der Waals surface area contributed by atoms with Gasteiger partial charge in [-0.2, -0.15) is 0 Å². The van der Waals surface area contributed by atoms with Gasteiger partial charge in [-0.3, -0.25) is 13.9 Å². The Morgan fingerprint density at radius 2 is 1.49 bits per heavy atom. The van der Waals surface area contributed by atoms with Crippen molar-refractivity contribution in [3.05, 3.63) is 130 Å². The maximum atomic E-state index is 14.5. The minimum Gasteiger partial charge on any atom is -0.354 e. The molecule has 45 heavy (non-hydrogen) atoms. The van der Waals surface area contributed by atoms with Crippen molar-refractivity contribution in [2.24, 2.45) is 0 Å². The summed E-state index contributed by atoms with van der Waals surface area (Å²) in [6, 6.07) is 29.3. The molecule has 0 bridgehead atoms. The first-order valence-corrected chi connectivity index (χ1v) is 16.9. The number of halogens is 1. The van der Waals surface area contributed by atoms with Crippen LogP contribution >= 0.6 is 11.6 Å². The van der Waals surface area contributed by atoms with Gasteiger partial charge in [-0.05, 0) is 61.2 Å². The Bertz CT molecular complexity index is 1700. The van der Waals surface area contributed by atoms with Gasteiger partial charge in [-0.1, -0.05) is 109 Å². The molecule has 1 N–H and O–H groups in total. The Hall–Kier alpha value is -4.14. The van der Waals surface area contributed by atoms with E-state index in [0.717, 1.165) is 39.4 Å². The molecule has 0 aliphatic rings. The average Bonchev–Trinajstić information content (AvgIpc) is 3.03. The monoisotopic (exact) mass is 645 g/mol. The molecule has 2 amide bonds. The van der Waals surface area contributed by atoms with Gasteiger partial charge in [0, 0.05) is 19.5 Å². The number of carbonyl (C=O) groups excluding carboxylic acids is 2. The molecule has 0 aliphatic carbocycles. The summed E-state index contributed by atoms with van der Waals surface area (Å²) in [5, 5.41) is 3.19. The number of nitrogens with one attached hydrogen (secondary N) is 1. The van der Waals surface area contributed by atoms with Crippen LogP contribution in [-0.4, -0.2) is 44.3 Å². The molecule has 0 fully saturated rings. The minimum atomic E-state index is -4.22. The number of nitrogens with zero attached hydrogens (tertiary/aromatic N) is 2. The van der Waals surface area contributed by atoms with Gasteiger partial charge in [-0.25, -0.2) is 8.42 Å². The summed E-state index contributed by atoms with van der Waals surface area (Å²) in [5.41, 5.74) is 3.77. The van der Waals surface area contributed by atoms with Crippen molar-refractivity contribution >= 4 is 39.1 Å². The fourth-order valence-corrected chi connectivity index (χ4v) is 6.76. The van der Waals surface area contributed by atoms with E-state index in [1.807, 2.05) is 75.4 Å². The number of benzene rings is 4. The summed E-state index contributed by atoms with van der Waals surface area (Å²) >= 11 is 6.55. The number of para-hydroxylation sites is 1. The van der Waals surface area contributed by atoms with E-state index < -0.39 is 28.5 Å². The zero-order valence-electron chi connectivity index (χ0n) is 25.9. The fraction of sp³-hybridized carbons (Fsp3) is 0.278. The Morgan fingerprint density at radius 3 is 2.16 bits per heavy atom. The number of hydrogen-bond acceptors (Lipinski definition) is 4. The molecule has 0 aromatic heterocycles. The number of anilines is 1. The maximum Gasteiger partial charge on any atom is 0.264 e. The van der Waals surface area contributed by atoms with Crippen LogP contribution in [0.4, 0.5) is 5.69 Å². The van der Waals surface area contributed by atoms with Crippen molar-refractivity contribution in [1.82, 2.24) is 10.2 Å². The third-order valence-corrected chi connectivity index (χ3v) is 9.81. The lowest BCUT2D eigenvalue weighted by Gasteiger charge is -2.34. The summed E-state index contributed by atoms with van der Waals surface area (Å²) in [6.07, 6.45) is 1.96. The van der Waals surface area contributed by atoms with Crippen LogP contribution in [-0.2, 0) is 32.6 Å². The number of carbonyl (C=O) groups is 2. The number of rotatable bonds is 14. The van der Waals surface area contributed by atoms with Gasteiger partial charge in [-0.15, -0.1) is 0 Å². The lowest BCUT2D eigenvalue weighted by Crippen LogP contribution is -2.53.